The van der Waals surface area contributed by atoms with Crippen LogP contribution in [0.4, 0.5) is 19.0 Å². The lowest BCUT2D eigenvalue weighted by atomic mass is 9.93. The summed E-state index contributed by atoms with van der Waals surface area (Å²) in [5.41, 5.74) is 2.75. The van der Waals surface area contributed by atoms with Crippen molar-refractivity contribution in [1.29, 1.82) is 0 Å². The van der Waals surface area contributed by atoms with E-state index in [0.29, 0.717) is 11.1 Å². The molecule has 0 N–H and O–H groups in total. The second-order valence-electron chi connectivity index (χ2n) is 7.16. The molecule has 2 aliphatic rings. The highest BCUT2D eigenvalue weighted by molar-refractivity contribution is 5.95. The molecule has 1 aromatic heterocycles. The van der Waals surface area contributed by atoms with Crippen LogP contribution in [0, 0.1) is 6.92 Å². The Labute approximate surface area is 156 Å². The molecule has 4 rings (SSSR count). The Morgan fingerprint density at radius 2 is 1.74 bits per heavy atom. The topological polar surface area (TPSA) is 31.7 Å². The third kappa shape index (κ3) is 3.43. The molecule has 0 amide bonds. The first-order valence-corrected chi connectivity index (χ1v) is 8.98. The van der Waals surface area contributed by atoms with E-state index >= 15 is 0 Å². The van der Waals surface area contributed by atoms with Gasteiger partial charge >= 0.3 is 6.18 Å². The van der Waals surface area contributed by atoms with Crippen molar-refractivity contribution in [2.75, 3.05) is 38.1 Å². The van der Waals surface area contributed by atoms with Crippen LogP contribution in [0.15, 0.2) is 29.3 Å². The zero-order valence-corrected chi connectivity index (χ0v) is 15.3. The molecule has 2 aromatic rings. The summed E-state index contributed by atoms with van der Waals surface area (Å²) in [6.45, 7) is 5.88. The average Bonchev–Trinajstić information content (AvgIpc) is 3.09. The molecule has 0 spiro atoms. The number of pyridine rings is 1. The van der Waals surface area contributed by atoms with Gasteiger partial charge in [0.2, 0.25) is 0 Å². The Morgan fingerprint density at radius 1 is 1.00 bits per heavy atom. The first-order chi connectivity index (χ1) is 12.8. The molecule has 3 heterocycles. The standard InChI is InChI=1S/C20H21F3N4/c1-13-16(3-4-19(25-13)27-7-5-26(2)6-8-27)17-10-15(20(21,22)23)9-14-11-24-12-18(14)17/h3-4,9-10,12H,5-8,11H2,1-2H3. The molecule has 1 saturated heterocycles. The molecular weight excluding hydrogens is 353 g/mol. The zero-order valence-electron chi connectivity index (χ0n) is 15.3. The summed E-state index contributed by atoms with van der Waals surface area (Å²) in [6, 6.07) is 6.22. The maximum absolute atomic E-state index is 13.3. The molecule has 4 nitrogen and oxygen atoms in total. The average molecular weight is 374 g/mol. The monoisotopic (exact) mass is 374 g/mol. The Bertz CT molecular complexity index is 897. The highest BCUT2D eigenvalue weighted by atomic mass is 19.4. The van der Waals surface area contributed by atoms with Gasteiger partial charge in [-0.2, -0.15) is 13.2 Å². The van der Waals surface area contributed by atoms with Gasteiger partial charge in [-0.05, 0) is 49.4 Å². The predicted molar refractivity (Wildman–Crippen MR) is 100 cm³/mol. The van der Waals surface area contributed by atoms with Crippen LogP contribution >= 0.6 is 0 Å². The number of rotatable bonds is 2. The van der Waals surface area contributed by atoms with Gasteiger partial charge in [-0.15, -0.1) is 0 Å². The summed E-state index contributed by atoms with van der Waals surface area (Å²) in [4.78, 5) is 13.3. The van der Waals surface area contributed by atoms with Crippen LogP contribution < -0.4 is 4.90 Å². The van der Waals surface area contributed by atoms with E-state index in [1.807, 2.05) is 19.1 Å². The van der Waals surface area contributed by atoms with Crippen LogP contribution in [0.2, 0.25) is 0 Å². The van der Waals surface area contributed by atoms with Crippen molar-refractivity contribution in [2.45, 2.75) is 19.6 Å². The lowest BCUT2D eigenvalue weighted by molar-refractivity contribution is -0.137. The molecule has 0 atom stereocenters. The molecule has 0 unspecified atom stereocenters. The Morgan fingerprint density at radius 3 is 2.41 bits per heavy atom. The number of aromatic nitrogens is 1. The molecule has 2 aliphatic heterocycles. The summed E-state index contributed by atoms with van der Waals surface area (Å²) in [5.74, 6) is 0.877. The van der Waals surface area contributed by atoms with Crippen LogP contribution in [-0.2, 0) is 12.7 Å². The van der Waals surface area contributed by atoms with Crippen LogP contribution in [0.25, 0.3) is 11.1 Å². The fourth-order valence-electron chi connectivity index (χ4n) is 3.66. The van der Waals surface area contributed by atoms with Crippen molar-refractivity contribution < 1.29 is 13.2 Å². The Balaban J connectivity index is 1.74. The second kappa shape index (κ2) is 6.64. The van der Waals surface area contributed by atoms with Crippen molar-refractivity contribution in [2.24, 2.45) is 4.99 Å². The SMILES string of the molecule is Cc1nc(N2CCN(C)CC2)ccc1-c1cc(C(F)(F)F)cc2c1C=NC2. The normalized spacial score (nSPS) is 17.4. The van der Waals surface area contributed by atoms with E-state index in [4.69, 9.17) is 4.98 Å². The fourth-order valence-corrected chi connectivity index (χ4v) is 3.66. The van der Waals surface area contributed by atoms with E-state index in [1.54, 1.807) is 6.21 Å². The molecule has 142 valence electrons. The van der Waals surface area contributed by atoms with Gasteiger partial charge in [-0.3, -0.25) is 4.99 Å². The summed E-state index contributed by atoms with van der Waals surface area (Å²) >= 11 is 0. The van der Waals surface area contributed by atoms with Crippen molar-refractivity contribution in [3.05, 3.63) is 46.6 Å². The molecule has 1 aromatic carbocycles. The van der Waals surface area contributed by atoms with Gasteiger partial charge in [0.25, 0.3) is 0 Å². The number of hydrogen-bond donors (Lipinski definition) is 0. The number of halogens is 3. The Hall–Kier alpha value is -2.41. The first-order valence-electron chi connectivity index (χ1n) is 8.98. The molecule has 1 fully saturated rings. The molecule has 0 radical (unpaired) electrons. The van der Waals surface area contributed by atoms with Crippen LogP contribution in [0.5, 0.6) is 0 Å². The number of nitrogens with zero attached hydrogens (tertiary/aromatic N) is 4. The van der Waals surface area contributed by atoms with Crippen molar-refractivity contribution >= 4 is 12.0 Å². The minimum atomic E-state index is -4.38. The quantitative estimate of drug-likeness (QED) is 0.802. The molecule has 27 heavy (non-hydrogen) atoms. The Kier molecular flexibility index (Phi) is 4.42. The number of aryl methyl sites for hydroxylation is 1. The number of aliphatic imine (C=N–C) groups is 1. The summed E-state index contributed by atoms with van der Waals surface area (Å²) < 4.78 is 40.0. The van der Waals surface area contributed by atoms with E-state index in [2.05, 4.69) is 21.8 Å². The minimum Gasteiger partial charge on any atom is -0.354 e. The van der Waals surface area contributed by atoms with Crippen LogP contribution in [-0.4, -0.2) is 49.3 Å². The molecule has 0 saturated carbocycles. The number of piperazine rings is 1. The van der Waals surface area contributed by atoms with Gasteiger partial charge in [0, 0.05) is 49.2 Å². The third-order valence-electron chi connectivity index (χ3n) is 5.26. The van der Waals surface area contributed by atoms with Gasteiger partial charge < -0.3 is 9.80 Å². The number of benzene rings is 1. The lowest BCUT2D eigenvalue weighted by Gasteiger charge is -2.33. The number of fused-ring (bicyclic) bond motifs is 1. The van der Waals surface area contributed by atoms with E-state index in [9.17, 15) is 13.2 Å². The lowest BCUT2D eigenvalue weighted by Crippen LogP contribution is -2.44. The van der Waals surface area contributed by atoms with Gasteiger partial charge in [0.05, 0.1) is 12.1 Å². The zero-order chi connectivity index (χ0) is 19.2. The number of hydrogen-bond acceptors (Lipinski definition) is 4. The van der Waals surface area contributed by atoms with E-state index < -0.39 is 11.7 Å². The highest BCUT2D eigenvalue weighted by Gasteiger charge is 2.33. The van der Waals surface area contributed by atoms with Crippen molar-refractivity contribution in [1.82, 2.24) is 9.88 Å². The number of likely N-dealkylation sites (N-methyl/N-ethyl adjacent to an activating group) is 1. The number of anilines is 1. The van der Waals surface area contributed by atoms with Gasteiger partial charge in [0.15, 0.2) is 0 Å². The molecule has 0 bridgehead atoms. The summed E-state index contributed by atoms with van der Waals surface area (Å²) in [7, 11) is 2.09. The first kappa shape index (κ1) is 18.0. The second-order valence-corrected chi connectivity index (χ2v) is 7.16. The van der Waals surface area contributed by atoms with E-state index in [1.165, 1.54) is 12.1 Å². The highest BCUT2D eigenvalue weighted by Crippen LogP contribution is 2.38. The van der Waals surface area contributed by atoms with E-state index in [0.717, 1.165) is 48.8 Å². The fraction of sp³-hybridized carbons (Fsp3) is 0.400. The summed E-state index contributed by atoms with van der Waals surface area (Å²) in [6.07, 6.45) is -2.72. The number of alkyl halides is 3. The van der Waals surface area contributed by atoms with Gasteiger partial charge in [0.1, 0.15) is 5.82 Å². The maximum Gasteiger partial charge on any atom is 0.416 e. The molecule has 7 heteroatoms. The predicted octanol–water partition coefficient (Wildman–Crippen LogP) is 3.76. The smallest absolute Gasteiger partial charge is 0.354 e. The molecular formula is C20H21F3N4. The van der Waals surface area contributed by atoms with Gasteiger partial charge in [-0.25, -0.2) is 4.98 Å². The van der Waals surface area contributed by atoms with Crippen LogP contribution in [0.1, 0.15) is 22.4 Å². The summed E-state index contributed by atoms with van der Waals surface area (Å²) in [5, 5.41) is 0. The van der Waals surface area contributed by atoms with Crippen LogP contribution in [0.3, 0.4) is 0 Å². The van der Waals surface area contributed by atoms with Crippen molar-refractivity contribution in [3.63, 3.8) is 0 Å². The molecule has 0 aliphatic carbocycles. The third-order valence-corrected chi connectivity index (χ3v) is 5.26. The van der Waals surface area contributed by atoms with E-state index in [-0.39, 0.29) is 6.54 Å². The largest absolute Gasteiger partial charge is 0.416 e. The van der Waals surface area contributed by atoms with Gasteiger partial charge in [-0.1, -0.05) is 0 Å². The van der Waals surface area contributed by atoms with Crippen molar-refractivity contribution in [3.8, 4) is 11.1 Å². The minimum absolute atomic E-state index is 0.290. The maximum atomic E-state index is 13.3.